The van der Waals surface area contributed by atoms with Crippen LogP contribution in [0.15, 0.2) is 47.4 Å². The van der Waals surface area contributed by atoms with Crippen LogP contribution in [0.4, 0.5) is 16.2 Å². The Hall–Kier alpha value is -1.99. The van der Waals surface area contributed by atoms with Crippen LogP contribution in [0.25, 0.3) is 11.1 Å². The third-order valence-electron chi connectivity index (χ3n) is 6.98. The molecule has 0 bridgehead atoms. The van der Waals surface area contributed by atoms with Crippen molar-refractivity contribution >= 4 is 41.2 Å². The molecular weight excluding hydrogens is 523 g/mol. The first-order valence-corrected chi connectivity index (χ1v) is 16.6. The van der Waals surface area contributed by atoms with Gasteiger partial charge in [-0.05, 0) is 75.1 Å². The van der Waals surface area contributed by atoms with E-state index in [0.717, 1.165) is 25.4 Å². The van der Waals surface area contributed by atoms with Gasteiger partial charge in [-0.2, -0.15) is 0 Å². The number of hydrogen-bond acceptors (Lipinski definition) is 6. The second-order valence-electron chi connectivity index (χ2n) is 11.9. The monoisotopic (exact) mass is 571 g/mol. The minimum atomic E-state index is -0.487. The standard InChI is InChI=1S/C32H49N3O2S2/c1-24(2)12-10-8-9-11-21-39-28-16-13-25(14-17-28)29-18-15-27(22-30(29)34(6)38-7)35-20-19-26(23-35)33-31(36)37-32(3,4)5/h13-18,22,24,26H,8-12,19-21,23H2,1-7H3,(H,33,36). The van der Waals surface area contributed by atoms with Gasteiger partial charge in [0.05, 0.1) is 11.7 Å². The summed E-state index contributed by atoms with van der Waals surface area (Å²) in [5, 5.41) is 3.04. The van der Waals surface area contributed by atoms with Gasteiger partial charge in [-0.15, -0.1) is 11.8 Å². The molecule has 5 nitrogen and oxygen atoms in total. The number of amides is 1. The van der Waals surface area contributed by atoms with E-state index in [1.54, 1.807) is 11.9 Å². The second-order valence-corrected chi connectivity index (χ2v) is 14.0. The van der Waals surface area contributed by atoms with E-state index in [0.29, 0.717) is 0 Å². The van der Waals surface area contributed by atoms with Crippen LogP contribution in [-0.2, 0) is 4.74 Å². The van der Waals surface area contributed by atoms with Gasteiger partial charge in [0.15, 0.2) is 0 Å². The lowest BCUT2D eigenvalue weighted by Crippen LogP contribution is -2.40. The smallest absolute Gasteiger partial charge is 0.407 e. The number of benzene rings is 2. The van der Waals surface area contributed by atoms with E-state index < -0.39 is 5.60 Å². The maximum Gasteiger partial charge on any atom is 0.407 e. The van der Waals surface area contributed by atoms with Crippen LogP contribution in [0.2, 0.25) is 0 Å². The minimum Gasteiger partial charge on any atom is -0.444 e. The van der Waals surface area contributed by atoms with Crippen molar-refractivity contribution in [2.24, 2.45) is 5.92 Å². The molecule has 1 aliphatic heterocycles. The predicted molar refractivity (Wildman–Crippen MR) is 172 cm³/mol. The predicted octanol–water partition coefficient (Wildman–Crippen LogP) is 8.87. The Kier molecular flexibility index (Phi) is 12.2. The van der Waals surface area contributed by atoms with E-state index in [1.165, 1.54) is 65.3 Å². The summed E-state index contributed by atoms with van der Waals surface area (Å²) in [6.07, 6.45) is 9.38. The molecule has 1 N–H and O–H groups in total. The van der Waals surface area contributed by atoms with Gasteiger partial charge in [-0.3, -0.25) is 0 Å². The topological polar surface area (TPSA) is 44.8 Å². The zero-order chi connectivity index (χ0) is 28.4. The number of hydrogen-bond donors (Lipinski definition) is 1. The molecule has 0 radical (unpaired) electrons. The van der Waals surface area contributed by atoms with Crippen molar-refractivity contribution < 1.29 is 9.53 Å². The molecule has 39 heavy (non-hydrogen) atoms. The molecule has 0 spiro atoms. The Bertz CT molecular complexity index is 1040. The molecule has 3 rings (SSSR count). The Balaban J connectivity index is 1.60. The average molecular weight is 572 g/mol. The Morgan fingerprint density at radius 1 is 1.10 bits per heavy atom. The van der Waals surface area contributed by atoms with E-state index in [-0.39, 0.29) is 12.1 Å². The normalized spacial score (nSPS) is 15.6. The lowest BCUT2D eigenvalue weighted by atomic mass is 10.0. The molecule has 1 saturated heterocycles. The van der Waals surface area contributed by atoms with Gasteiger partial charge >= 0.3 is 6.09 Å². The zero-order valence-electron chi connectivity index (χ0n) is 25.1. The Morgan fingerprint density at radius 2 is 1.82 bits per heavy atom. The van der Waals surface area contributed by atoms with Crippen molar-refractivity contribution in [2.75, 3.05) is 41.4 Å². The number of unbranched alkanes of at least 4 members (excludes halogenated alkanes) is 3. The van der Waals surface area contributed by atoms with Crippen molar-refractivity contribution in [3.05, 3.63) is 42.5 Å². The fourth-order valence-corrected chi connectivity index (χ4v) is 6.10. The fraction of sp³-hybridized carbons (Fsp3) is 0.594. The van der Waals surface area contributed by atoms with Gasteiger partial charge in [-0.1, -0.05) is 69.7 Å². The summed E-state index contributed by atoms with van der Waals surface area (Å²) in [7, 11) is 2.12. The van der Waals surface area contributed by atoms with Gasteiger partial charge in [0.2, 0.25) is 0 Å². The molecule has 0 saturated carbocycles. The van der Waals surface area contributed by atoms with Crippen LogP contribution >= 0.6 is 23.7 Å². The highest BCUT2D eigenvalue weighted by molar-refractivity contribution is 8.00. The van der Waals surface area contributed by atoms with Crippen molar-refractivity contribution in [3.8, 4) is 11.1 Å². The highest BCUT2D eigenvalue weighted by Gasteiger charge is 2.27. The number of rotatable bonds is 13. The molecule has 0 aromatic heterocycles. The van der Waals surface area contributed by atoms with Crippen molar-refractivity contribution in [1.82, 2.24) is 5.32 Å². The lowest BCUT2D eigenvalue weighted by molar-refractivity contribution is 0.0509. The summed E-state index contributed by atoms with van der Waals surface area (Å²) in [5.74, 6) is 2.02. The van der Waals surface area contributed by atoms with Crippen LogP contribution in [0.3, 0.4) is 0 Å². The fourth-order valence-electron chi connectivity index (χ4n) is 4.84. The van der Waals surface area contributed by atoms with E-state index in [1.807, 2.05) is 32.5 Å². The van der Waals surface area contributed by atoms with Gasteiger partial charge in [0, 0.05) is 42.5 Å². The van der Waals surface area contributed by atoms with Crippen molar-refractivity contribution in [3.63, 3.8) is 0 Å². The largest absolute Gasteiger partial charge is 0.444 e. The second kappa shape index (κ2) is 15.1. The summed E-state index contributed by atoms with van der Waals surface area (Å²) < 4.78 is 7.68. The van der Waals surface area contributed by atoms with Crippen LogP contribution < -0.4 is 14.5 Å². The van der Waals surface area contributed by atoms with Crippen molar-refractivity contribution in [2.45, 2.75) is 89.7 Å². The third-order valence-corrected chi connectivity index (χ3v) is 8.82. The number of nitrogens with one attached hydrogen (secondary N) is 1. The van der Waals surface area contributed by atoms with E-state index in [9.17, 15) is 4.79 Å². The van der Waals surface area contributed by atoms with Crippen LogP contribution in [0.5, 0.6) is 0 Å². The van der Waals surface area contributed by atoms with Crippen LogP contribution in [0.1, 0.15) is 73.1 Å². The number of ether oxygens (including phenoxy) is 1. The molecule has 1 aliphatic rings. The molecule has 216 valence electrons. The van der Waals surface area contributed by atoms with Gasteiger partial charge in [0.1, 0.15) is 5.60 Å². The zero-order valence-corrected chi connectivity index (χ0v) is 26.7. The van der Waals surface area contributed by atoms with Gasteiger partial charge in [0.25, 0.3) is 0 Å². The lowest BCUT2D eigenvalue weighted by Gasteiger charge is -2.25. The van der Waals surface area contributed by atoms with Gasteiger partial charge < -0.3 is 19.3 Å². The molecule has 1 heterocycles. The molecule has 2 aromatic rings. The van der Waals surface area contributed by atoms with Crippen LogP contribution in [0, 0.1) is 5.92 Å². The third kappa shape index (κ3) is 10.5. The molecule has 1 unspecified atom stereocenters. The molecule has 0 aliphatic carbocycles. The highest BCUT2D eigenvalue weighted by atomic mass is 32.2. The maximum atomic E-state index is 12.2. The first-order chi connectivity index (χ1) is 18.6. The maximum absolute atomic E-state index is 12.2. The molecule has 1 fully saturated rings. The molecule has 7 heteroatoms. The SMILES string of the molecule is CSN(C)c1cc(N2CCC(NC(=O)OC(C)(C)C)C2)ccc1-c1ccc(SCCCCCCC(C)C)cc1. The molecular formula is C32H49N3O2S2. The molecule has 1 atom stereocenters. The average Bonchev–Trinajstić information content (AvgIpc) is 3.34. The minimum absolute atomic E-state index is 0.0892. The Labute approximate surface area is 246 Å². The van der Waals surface area contributed by atoms with Crippen LogP contribution in [-0.4, -0.2) is 49.9 Å². The van der Waals surface area contributed by atoms with Crippen molar-refractivity contribution in [1.29, 1.82) is 0 Å². The molecule has 1 amide bonds. The summed E-state index contributed by atoms with van der Waals surface area (Å²) in [6, 6.07) is 15.9. The number of nitrogens with zero attached hydrogens (tertiary/aromatic N) is 2. The van der Waals surface area contributed by atoms with Gasteiger partial charge in [-0.25, -0.2) is 4.79 Å². The Morgan fingerprint density at radius 3 is 2.49 bits per heavy atom. The highest BCUT2D eigenvalue weighted by Crippen LogP contribution is 2.37. The summed E-state index contributed by atoms with van der Waals surface area (Å²) in [4.78, 5) is 15.9. The first-order valence-electron chi connectivity index (χ1n) is 14.5. The van der Waals surface area contributed by atoms with E-state index in [2.05, 4.69) is 84.1 Å². The number of thioether (sulfide) groups is 1. The summed E-state index contributed by atoms with van der Waals surface area (Å²) in [6.45, 7) is 12.0. The number of alkyl carbamates (subject to hydrolysis) is 1. The number of anilines is 2. The number of carbonyl (C=O) groups excluding carboxylic acids is 1. The quantitative estimate of drug-likeness (QED) is 0.147. The number of carbonyl (C=O) groups is 1. The summed E-state index contributed by atoms with van der Waals surface area (Å²) in [5.41, 5.74) is 4.37. The summed E-state index contributed by atoms with van der Waals surface area (Å²) >= 11 is 3.68. The van der Waals surface area contributed by atoms with E-state index >= 15 is 0 Å². The molecule has 2 aromatic carbocycles. The first kappa shape index (κ1) is 31.5. The van der Waals surface area contributed by atoms with E-state index in [4.69, 9.17) is 4.74 Å².